The number of rotatable bonds is 9. The first kappa shape index (κ1) is 18.7. The Labute approximate surface area is 169 Å². The minimum Gasteiger partial charge on any atom is -0.487 e. The van der Waals surface area contributed by atoms with E-state index in [2.05, 4.69) is 27.4 Å². The summed E-state index contributed by atoms with van der Waals surface area (Å²) in [7, 11) is 0. The number of nitrogens with zero attached hydrogens (tertiary/aromatic N) is 4. The SMILES string of the molecule is C(=C\c1nc(COc2ccc(CCCn3ccnn3)cc2)co1)/c1ccccc1. The summed E-state index contributed by atoms with van der Waals surface area (Å²) in [6, 6.07) is 18.2. The molecule has 0 aliphatic rings. The first-order valence-electron chi connectivity index (χ1n) is 9.58. The number of oxazole rings is 1. The largest absolute Gasteiger partial charge is 0.487 e. The standard InChI is InChI=1S/C23H22N4O2/c1-2-5-19(6-3-1)10-13-23-25-21(18-29-23)17-28-22-11-8-20(9-12-22)7-4-15-27-16-14-24-26-27/h1-3,5-6,8-14,16,18H,4,7,15,17H2/b13-10+. The second-order valence-corrected chi connectivity index (χ2v) is 6.62. The monoisotopic (exact) mass is 386 g/mol. The molecule has 0 saturated carbocycles. The summed E-state index contributed by atoms with van der Waals surface area (Å²) in [5.41, 5.74) is 3.13. The molecule has 0 fully saturated rings. The van der Waals surface area contributed by atoms with Gasteiger partial charge in [0.1, 0.15) is 24.3 Å². The number of aryl methyl sites for hydroxylation is 2. The fourth-order valence-corrected chi connectivity index (χ4v) is 2.90. The van der Waals surface area contributed by atoms with Crippen molar-refractivity contribution in [3.05, 3.63) is 96.0 Å². The molecule has 0 N–H and O–H groups in total. The van der Waals surface area contributed by atoms with Gasteiger partial charge in [-0.1, -0.05) is 47.7 Å². The molecule has 0 spiro atoms. The Bertz CT molecular complexity index is 1020. The van der Waals surface area contributed by atoms with Crippen molar-refractivity contribution < 1.29 is 9.15 Å². The topological polar surface area (TPSA) is 66.0 Å². The lowest BCUT2D eigenvalue weighted by Crippen LogP contribution is -2.00. The summed E-state index contributed by atoms with van der Waals surface area (Å²) in [5, 5.41) is 7.78. The number of hydrogen-bond donors (Lipinski definition) is 0. The Morgan fingerprint density at radius 2 is 1.86 bits per heavy atom. The summed E-state index contributed by atoms with van der Waals surface area (Å²) in [4.78, 5) is 4.43. The van der Waals surface area contributed by atoms with Gasteiger partial charge in [-0.15, -0.1) is 5.10 Å². The van der Waals surface area contributed by atoms with Crippen LogP contribution >= 0.6 is 0 Å². The lowest BCUT2D eigenvalue weighted by atomic mass is 10.1. The van der Waals surface area contributed by atoms with Gasteiger partial charge in [0.05, 0.1) is 6.20 Å². The first-order valence-corrected chi connectivity index (χ1v) is 9.58. The second kappa shape index (κ2) is 9.50. The van der Waals surface area contributed by atoms with Gasteiger partial charge in [0, 0.05) is 18.8 Å². The molecule has 6 heteroatoms. The Hall–Kier alpha value is -3.67. The molecule has 0 saturated heterocycles. The van der Waals surface area contributed by atoms with E-state index in [0.29, 0.717) is 12.5 Å². The van der Waals surface area contributed by atoms with E-state index in [9.17, 15) is 0 Å². The fraction of sp³-hybridized carbons (Fsp3) is 0.174. The highest BCUT2D eigenvalue weighted by Gasteiger charge is 2.03. The van der Waals surface area contributed by atoms with Gasteiger partial charge in [0.15, 0.2) is 0 Å². The highest BCUT2D eigenvalue weighted by molar-refractivity contribution is 5.65. The van der Waals surface area contributed by atoms with E-state index in [0.717, 1.165) is 36.4 Å². The molecule has 2 heterocycles. The van der Waals surface area contributed by atoms with Gasteiger partial charge in [-0.05, 0) is 42.2 Å². The van der Waals surface area contributed by atoms with Crippen LogP contribution in [0.5, 0.6) is 5.75 Å². The van der Waals surface area contributed by atoms with Gasteiger partial charge in [0.25, 0.3) is 0 Å². The van der Waals surface area contributed by atoms with E-state index in [-0.39, 0.29) is 0 Å². The molecule has 0 atom stereocenters. The van der Waals surface area contributed by atoms with Crippen LogP contribution in [0.3, 0.4) is 0 Å². The molecule has 0 amide bonds. The van der Waals surface area contributed by atoms with Crippen LogP contribution in [0.1, 0.15) is 29.1 Å². The Balaban J connectivity index is 1.24. The third-order valence-electron chi connectivity index (χ3n) is 4.42. The lowest BCUT2D eigenvalue weighted by molar-refractivity contribution is 0.301. The van der Waals surface area contributed by atoms with E-state index < -0.39 is 0 Å². The molecule has 146 valence electrons. The van der Waals surface area contributed by atoms with Gasteiger partial charge < -0.3 is 9.15 Å². The average Bonchev–Trinajstić information content (AvgIpc) is 3.45. The number of benzene rings is 2. The van der Waals surface area contributed by atoms with Gasteiger partial charge in [0.2, 0.25) is 5.89 Å². The maximum absolute atomic E-state index is 5.82. The number of aromatic nitrogens is 4. The van der Waals surface area contributed by atoms with Crippen LogP contribution in [0.4, 0.5) is 0 Å². The van der Waals surface area contributed by atoms with E-state index in [1.807, 2.05) is 65.5 Å². The van der Waals surface area contributed by atoms with Crippen molar-refractivity contribution in [1.82, 2.24) is 20.0 Å². The fourth-order valence-electron chi connectivity index (χ4n) is 2.90. The van der Waals surface area contributed by atoms with Gasteiger partial charge in [-0.25, -0.2) is 4.98 Å². The molecule has 2 aromatic heterocycles. The van der Waals surface area contributed by atoms with Crippen LogP contribution in [0, 0.1) is 0 Å². The molecule has 0 radical (unpaired) electrons. The maximum Gasteiger partial charge on any atom is 0.218 e. The van der Waals surface area contributed by atoms with Crippen LogP contribution in [0.15, 0.2) is 77.7 Å². The summed E-state index contributed by atoms with van der Waals surface area (Å²) >= 11 is 0. The molecule has 0 aliphatic carbocycles. The normalized spacial score (nSPS) is 11.2. The smallest absolute Gasteiger partial charge is 0.218 e. The van der Waals surface area contributed by atoms with Crippen LogP contribution in [0.25, 0.3) is 12.2 Å². The van der Waals surface area contributed by atoms with Gasteiger partial charge in [-0.3, -0.25) is 4.68 Å². The molecule has 6 nitrogen and oxygen atoms in total. The average molecular weight is 386 g/mol. The lowest BCUT2D eigenvalue weighted by Gasteiger charge is -2.06. The molecule has 2 aromatic carbocycles. The van der Waals surface area contributed by atoms with Crippen molar-refractivity contribution in [2.24, 2.45) is 0 Å². The summed E-state index contributed by atoms with van der Waals surface area (Å²) in [6.45, 7) is 1.24. The molecule has 0 unspecified atom stereocenters. The summed E-state index contributed by atoms with van der Waals surface area (Å²) in [6.07, 6.45) is 11.0. The summed E-state index contributed by atoms with van der Waals surface area (Å²) in [5.74, 6) is 1.38. The summed E-state index contributed by atoms with van der Waals surface area (Å²) < 4.78 is 13.1. The van der Waals surface area contributed by atoms with Crippen LogP contribution in [0.2, 0.25) is 0 Å². The van der Waals surface area contributed by atoms with Crippen LogP contribution in [-0.2, 0) is 19.6 Å². The van der Waals surface area contributed by atoms with E-state index in [1.54, 1.807) is 12.5 Å². The molecule has 29 heavy (non-hydrogen) atoms. The molecule has 0 bridgehead atoms. The zero-order valence-electron chi connectivity index (χ0n) is 16.0. The van der Waals surface area contributed by atoms with Gasteiger partial charge >= 0.3 is 0 Å². The van der Waals surface area contributed by atoms with Crippen LogP contribution < -0.4 is 4.74 Å². The third kappa shape index (κ3) is 5.65. The van der Waals surface area contributed by atoms with Crippen LogP contribution in [-0.4, -0.2) is 20.0 Å². The number of ether oxygens (including phenoxy) is 1. The predicted molar refractivity (Wildman–Crippen MR) is 111 cm³/mol. The molecule has 4 rings (SSSR count). The molecule has 0 aliphatic heterocycles. The minimum atomic E-state index is 0.369. The van der Waals surface area contributed by atoms with Crippen molar-refractivity contribution in [3.63, 3.8) is 0 Å². The quantitative estimate of drug-likeness (QED) is 0.419. The van der Waals surface area contributed by atoms with Gasteiger partial charge in [-0.2, -0.15) is 0 Å². The molecular formula is C23H22N4O2. The second-order valence-electron chi connectivity index (χ2n) is 6.62. The zero-order valence-corrected chi connectivity index (χ0v) is 16.0. The van der Waals surface area contributed by atoms with E-state index >= 15 is 0 Å². The molecular weight excluding hydrogens is 364 g/mol. The Kier molecular flexibility index (Phi) is 6.12. The highest BCUT2D eigenvalue weighted by atomic mass is 16.5. The maximum atomic E-state index is 5.82. The number of hydrogen-bond acceptors (Lipinski definition) is 5. The third-order valence-corrected chi connectivity index (χ3v) is 4.42. The van der Waals surface area contributed by atoms with Crippen molar-refractivity contribution in [2.75, 3.05) is 0 Å². The first-order chi connectivity index (χ1) is 14.3. The predicted octanol–water partition coefficient (Wildman–Crippen LogP) is 4.65. The van der Waals surface area contributed by atoms with E-state index in [1.165, 1.54) is 5.56 Å². The highest BCUT2D eigenvalue weighted by Crippen LogP contribution is 2.16. The minimum absolute atomic E-state index is 0.369. The van der Waals surface area contributed by atoms with Crippen molar-refractivity contribution >= 4 is 12.2 Å². The molecule has 4 aromatic rings. The van der Waals surface area contributed by atoms with Crippen molar-refractivity contribution in [2.45, 2.75) is 26.0 Å². The zero-order chi connectivity index (χ0) is 19.7. The van der Waals surface area contributed by atoms with Crippen molar-refractivity contribution in [3.8, 4) is 5.75 Å². The Morgan fingerprint density at radius 1 is 1.00 bits per heavy atom. The Morgan fingerprint density at radius 3 is 2.66 bits per heavy atom. The van der Waals surface area contributed by atoms with Crippen molar-refractivity contribution in [1.29, 1.82) is 0 Å². The van der Waals surface area contributed by atoms with E-state index in [4.69, 9.17) is 9.15 Å².